The van der Waals surface area contributed by atoms with E-state index in [2.05, 4.69) is 4.99 Å². The van der Waals surface area contributed by atoms with Crippen molar-refractivity contribution < 1.29 is 31.5 Å². The molecule has 0 saturated carbocycles. The molecule has 1 saturated heterocycles. The number of rotatable bonds is 7. The number of hydrogen-bond donors (Lipinski definition) is 0. The van der Waals surface area contributed by atoms with Gasteiger partial charge in [0.15, 0.2) is 10.6 Å². The maximum Gasteiger partial charge on any atom is 0.251 e. The van der Waals surface area contributed by atoms with Gasteiger partial charge in [-0.05, 0) is 43.2 Å². The minimum absolute atomic E-state index is 0.159. The maximum absolute atomic E-state index is 14.5. The lowest BCUT2D eigenvalue weighted by atomic mass is 9.98. The van der Waals surface area contributed by atoms with Gasteiger partial charge in [0.25, 0.3) is 5.91 Å². The van der Waals surface area contributed by atoms with Crippen LogP contribution in [0.2, 0.25) is 0 Å². The third-order valence-corrected chi connectivity index (χ3v) is 8.86. The summed E-state index contributed by atoms with van der Waals surface area (Å²) in [5.41, 5.74) is 0.167. The Morgan fingerprint density at radius 2 is 1.83 bits per heavy atom. The Labute approximate surface area is 205 Å². The number of piperidine rings is 1. The molecule has 0 aliphatic carbocycles. The van der Waals surface area contributed by atoms with Crippen LogP contribution in [-0.4, -0.2) is 57.1 Å². The molecule has 0 spiro atoms. The number of thiazole rings is 1. The van der Waals surface area contributed by atoms with Crippen molar-refractivity contribution in [2.45, 2.75) is 24.3 Å². The third-order valence-electron chi connectivity index (χ3n) is 5.92. The predicted octanol–water partition coefficient (Wildman–Crippen LogP) is 3.16. The van der Waals surface area contributed by atoms with E-state index in [9.17, 15) is 22.0 Å². The fraction of sp³-hybridized carbons (Fsp3) is 0.391. The van der Waals surface area contributed by atoms with Crippen LogP contribution in [-0.2, 0) is 26.1 Å². The number of hydrogen-bond acceptors (Lipinski definition) is 6. The molecule has 4 rings (SSSR count). The Kier molecular flexibility index (Phi) is 7.64. The van der Waals surface area contributed by atoms with Crippen LogP contribution in [0.3, 0.4) is 0 Å². The zero-order valence-electron chi connectivity index (χ0n) is 19.2. The van der Waals surface area contributed by atoms with Gasteiger partial charge < -0.3 is 14.0 Å². The molecule has 0 radical (unpaired) electrons. The van der Waals surface area contributed by atoms with Gasteiger partial charge in [-0.25, -0.2) is 17.2 Å². The van der Waals surface area contributed by atoms with E-state index in [0.29, 0.717) is 23.3 Å². The van der Waals surface area contributed by atoms with Crippen LogP contribution in [0.25, 0.3) is 10.2 Å². The van der Waals surface area contributed by atoms with Crippen molar-refractivity contribution in [2.75, 3.05) is 33.9 Å². The largest absolute Gasteiger partial charge is 0.497 e. The number of benzene rings is 2. The van der Waals surface area contributed by atoms with Crippen molar-refractivity contribution in [3.63, 3.8) is 0 Å². The minimum atomic E-state index is -3.70. The first-order chi connectivity index (χ1) is 16.7. The Morgan fingerprint density at radius 1 is 1.14 bits per heavy atom. The van der Waals surface area contributed by atoms with Crippen LogP contribution in [0.15, 0.2) is 46.3 Å². The summed E-state index contributed by atoms with van der Waals surface area (Å²) in [6, 6.07) is 8.15. The van der Waals surface area contributed by atoms with Crippen molar-refractivity contribution in [2.24, 2.45) is 10.9 Å². The number of nitrogens with zero attached hydrogens (tertiary/aromatic N) is 3. The van der Waals surface area contributed by atoms with Crippen LogP contribution in [0.4, 0.5) is 8.78 Å². The highest BCUT2D eigenvalue weighted by molar-refractivity contribution is 7.89. The van der Waals surface area contributed by atoms with Crippen LogP contribution in [0.1, 0.15) is 12.8 Å². The normalized spacial score (nSPS) is 16.2. The molecule has 8 nitrogen and oxygen atoms in total. The molecular formula is C23H25F2N3O5S2. The summed E-state index contributed by atoms with van der Waals surface area (Å²) >= 11 is 1.02. The molecule has 1 aliphatic heterocycles. The Balaban J connectivity index is 1.53. The van der Waals surface area contributed by atoms with E-state index in [-0.39, 0.29) is 41.5 Å². The first kappa shape index (κ1) is 25.4. The highest BCUT2D eigenvalue weighted by Gasteiger charge is 2.32. The summed E-state index contributed by atoms with van der Waals surface area (Å²) < 4.78 is 67.5. The van der Waals surface area contributed by atoms with Gasteiger partial charge in [-0.3, -0.25) is 4.79 Å². The van der Waals surface area contributed by atoms with Gasteiger partial charge in [0.1, 0.15) is 11.6 Å². The van der Waals surface area contributed by atoms with Gasteiger partial charge in [-0.15, -0.1) is 0 Å². The van der Waals surface area contributed by atoms with Gasteiger partial charge in [-0.1, -0.05) is 11.3 Å². The standard InChI is InChI=1S/C23H25F2N3O5S2/c1-32-12-11-28-21-19(25)13-16(24)14-20(21)34-23(28)26-22(29)15-7-9-27(10-8-15)35(30,31)18-5-3-17(33-2)4-6-18/h3-6,13-15H,7-12H2,1-2H3. The third kappa shape index (κ3) is 5.30. The molecule has 1 aliphatic rings. The number of halogens is 2. The molecule has 3 aromatic rings. The first-order valence-electron chi connectivity index (χ1n) is 10.9. The summed E-state index contributed by atoms with van der Waals surface area (Å²) in [5, 5.41) is 0. The lowest BCUT2D eigenvalue weighted by molar-refractivity contribution is -0.122. The van der Waals surface area contributed by atoms with Crippen molar-refractivity contribution in [3.8, 4) is 5.75 Å². The van der Waals surface area contributed by atoms with E-state index < -0.39 is 33.5 Å². The number of sulfonamides is 1. The van der Waals surface area contributed by atoms with E-state index >= 15 is 0 Å². The molecule has 0 atom stereocenters. The number of amides is 1. The van der Waals surface area contributed by atoms with Crippen LogP contribution in [0.5, 0.6) is 5.75 Å². The Bertz CT molecular complexity index is 1390. The van der Waals surface area contributed by atoms with E-state index in [4.69, 9.17) is 9.47 Å². The lowest BCUT2D eigenvalue weighted by Gasteiger charge is -2.29. The topological polar surface area (TPSA) is 90.2 Å². The van der Waals surface area contributed by atoms with Crippen molar-refractivity contribution in [1.29, 1.82) is 0 Å². The zero-order valence-corrected chi connectivity index (χ0v) is 20.9. The van der Waals surface area contributed by atoms with Gasteiger partial charge in [-0.2, -0.15) is 9.30 Å². The zero-order chi connectivity index (χ0) is 25.2. The summed E-state index contributed by atoms with van der Waals surface area (Å²) in [7, 11) is -0.692. The summed E-state index contributed by atoms with van der Waals surface area (Å²) in [6.07, 6.45) is 0.618. The van der Waals surface area contributed by atoms with Crippen LogP contribution >= 0.6 is 11.3 Å². The van der Waals surface area contributed by atoms with Crippen LogP contribution < -0.4 is 9.54 Å². The quantitative estimate of drug-likeness (QED) is 0.473. The molecule has 1 aromatic heterocycles. The average molecular weight is 526 g/mol. The fourth-order valence-corrected chi connectivity index (χ4v) is 6.60. The highest BCUT2D eigenvalue weighted by atomic mass is 32.2. The molecule has 1 amide bonds. The molecule has 35 heavy (non-hydrogen) atoms. The molecule has 2 aromatic carbocycles. The SMILES string of the molecule is COCCn1c(=NC(=O)C2CCN(S(=O)(=O)c3ccc(OC)cc3)CC2)sc2cc(F)cc(F)c21. The minimum Gasteiger partial charge on any atom is -0.497 e. The molecular weight excluding hydrogens is 500 g/mol. The first-order valence-corrected chi connectivity index (χ1v) is 13.2. The second kappa shape index (κ2) is 10.5. The van der Waals surface area contributed by atoms with E-state index in [1.807, 2.05) is 0 Å². The molecule has 2 heterocycles. The number of ether oxygens (including phenoxy) is 2. The average Bonchev–Trinajstić information content (AvgIpc) is 3.19. The number of methoxy groups -OCH3 is 2. The van der Waals surface area contributed by atoms with Gasteiger partial charge >= 0.3 is 0 Å². The Morgan fingerprint density at radius 3 is 2.46 bits per heavy atom. The molecule has 188 valence electrons. The smallest absolute Gasteiger partial charge is 0.251 e. The van der Waals surface area contributed by atoms with Gasteiger partial charge in [0, 0.05) is 38.7 Å². The second-order valence-corrected chi connectivity index (χ2v) is 11.0. The number of fused-ring (bicyclic) bond motifs is 1. The summed E-state index contributed by atoms with van der Waals surface area (Å²) in [4.78, 5) is 17.6. The van der Waals surface area contributed by atoms with Crippen molar-refractivity contribution in [1.82, 2.24) is 8.87 Å². The monoisotopic (exact) mass is 525 g/mol. The lowest BCUT2D eigenvalue weighted by Crippen LogP contribution is -2.40. The summed E-state index contributed by atoms with van der Waals surface area (Å²) in [5.74, 6) is -1.77. The number of aromatic nitrogens is 1. The molecule has 0 unspecified atom stereocenters. The van der Waals surface area contributed by atoms with Gasteiger partial charge in [0.05, 0.1) is 28.8 Å². The fourth-order valence-electron chi connectivity index (χ4n) is 4.03. The predicted molar refractivity (Wildman–Crippen MR) is 127 cm³/mol. The van der Waals surface area contributed by atoms with Crippen LogP contribution in [0, 0.1) is 17.6 Å². The number of carbonyl (C=O) groups is 1. The highest BCUT2D eigenvalue weighted by Crippen LogP contribution is 2.26. The van der Waals surface area contributed by atoms with Gasteiger partial charge in [0.2, 0.25) is 10.0 Å². The Hall–Kier alpha value is -2.67. The van der Waals surface area contributed by atoms with E-state index in [1.54, 1.807) is 12.1 Å². The van der Waals surface area contributed by atoms with Crippen molar-refractivity contribution in [3.05, 3.63) is 52.8 Å². The molecule has 1 fully saturated rings. The molecule has 0 N–H and O–H groups in total. The van der Waals surface area contributed by atoms with Crippen molar-refractivity contribution >= 4 is 37.5 Å². The maximum atomic E-state index is 14.5. The molecule has 0 bridgehead atoms. The molecule has 12 heteroatoms. The van der Waals surface area contributed by atoms with E-state index in [1.165, 1.54) is 41.3 Å². The van der Waals surface area contributed by atoms with E-state index in [0.717, 1.165) is 17.4 Å². The number of carbonyl (C=O) groups excluding carboxylic acids is 1. The second-order valence-electron chi connectivity index (χ2n) is 8.07. The summed E-state index contributed by atoms with van der Waals surface area (Å²) in [6.45, 7) is 0.849.